The number of primary sulfonamides is 1. The monoisotopic (exact) mass is 302 g/mol. The van der Waals surface area contributed by atoms with E-state index in [0.717, 1.165) is 0 Å². The summed E-state index contributed by atoms with van der Waals surface area (Å²) in [7, 11) is -2.37. The summed E-state index contributed by atoms with van der Waals surface area (Å²) in [5, 5.41) is 4.10. The molecule has 1 heterocycles. The third kappa shape index (κ3) is 2.91. The van der Waals surface area contributed by atoms with Crippen LogP contribution in [-0.2, 0) is 21.4 Å². The minimum Gasteiger partial charge on any atom is -0.496 e. The fraction of sp³-hybridized carbons (Fsp3) is 0.417. The van der Waals surface area contributed by atoms with Crippen LogP contribution < -0.4 is 9.88 Å². The van der Waals surface area contributed by atoms with Gasteiger partial charge in [0, 0.05) is 18.5 Å². The molecule has 0 aliphatic carbocycles. The molecule has 1 atom stereocenters. The van der Waals surface area contributed by atoms with E-state index in [0.29, 0.717) is 5.75 Å². The molecular weight excluding hydrogens is 287 g/mol. The van der Waals surface area contributed by atoms with E-state index < -0.39 is 21.1 Å². The van der Waals surface area contributed by atoms with E-state index in [-0.39, 0.29) is 31.0 Å². The Morgan fingerprint density at radius 1 is 1.50 bits per heavy atom. The zero-order valence-corrected chi connectivity index (χ0v) is 11.7. The second-order valence-corrected chi connectivity index (χ2v) is 6.45. The molecule has 2 rings (SSSR count). The molecule has 110 valence electrons. The summed E-state index contributed by atoms with van der Waals surface area (Å²) in [6.07, 6.45) is -0.171. The number of rotatable bonds is 4. The molecule has 6 nitrogen and oxygen atoms in total. The Labute approximate surface area is 116 Å². The first-order chi connectivity index (χ1) is 9.32. The number of benzene rings is 1. The number of hydrogen-bond acceptors (Lipinski definition) is 4. The highest BCUT2D eigenvalue weighted by atomic mass is 32.2. The first kappa shape index (κ1) is 14.7. The van der Waals surface area contributed by atoms with Gasteiger partial charge in [-0.25, -0.2) is 17.9 Å². The maximum absolute atomic E-state index is 13.8. The lowest BCUT2D eigenvalue weighted by atomic mass is 10.1. The van der Waals surface area contributed by atoms with Gasteiger partial charge in [-0.05, 0) is 12.1 Å². The normalized spacial score (nSPS) is 19.4. The molecule has 1 aromatic rings. The molecule has 0 aromatic heterocycles. The van der Waals surface area contributed by atoms with Crippen molar-refractivity contribution in [1.82, 2.24) is 4.90 Å². The summed E-state index contributed by atoms with van der Waals surface area (Å²) in [6.45, 7) is -0.0736. The van der Waals surface area contributed by atoms with Crippen molar-refractivity contribution in [2.75, 3.05) is 13.7 Å². The van der Waals surface area contributed by atoms with Gasteiger partial charge in [0.25, 0.3) is 0 Å². The van der Waals surface area contributed by atoms with Crippen LogP contribution in [-0.4, -0.2) is 38.1 Å². The maximum Gasteiger partial charge on any atom is 0.224 e. The predicted octanol–water partition coefficient (Wildman–Crippen LogP) is 0.224. The van der Waals surface area contributed by atoms with Crippen molar-refractivity contribution in [3.05, 3.63) is 29.6 Å². The minimum atomic E-state index is -3.77. The highest BCUT2D eigenvalue weighted by Gasteiger charge is 2.36. The van der Waals surface area contributed by atoms with E-state index >= 15 is 0 Å². The lowest BCUT2D eigenvalue weighted by Gasteiger charge is -2.18. The number of amides is 1. The number of carbonyl (C=O) groups is 1. The van der Waals surface area contributed by atoms with Crippen LogP contribution in [0.25, 0.3) is 0 Å². The van der Waals surface area contributed by atoms with Crippen molar-refractivity contribution in [3.63, 3.8) is 0 Å². The first-order valence-electron chi connectivity index (χ1n) is 5.93. The van der Waals surface area contributed by atoms with Gasteiger partial charge in [0.2, 0.25) is 15.9 Å². The van der Waals surface area contributed by atoms with Gasteiger partial charge in [0.05, 0.1) is 13.7 Å². The molecule has 1 aliphatic heterocycles. The Morgan fingerprint density at radius 2 is 2.20 bits per heavy atom. The zero-order chi connectivity index (χ0) is 14.9. The van der Waals surface area contributed by atoms with Gasteiger partial charge in [-0.1, -0.05) is 6.07 Å². The van der Waals surface area contributed by atoms with Crippen molar-refractivity contribution in [1.29, 1.82) is 0 Å². The number of nitrogens with zero attached hydrogens (tertiary/aromatic N) is 1. The fourth-order valence-electron chi connectivity index (χ4n) is 2.18. The van der Waals surface area contributed by atoms with Gasteiger partial charge < -0.3 is 9.64 Å². The molecule has 20 heavy (non-hydrogen) atoms. The van der Waals surface area contributed by atoms with Crippen molar-refractivity contribution >= 4 is 15.9 Å². The number of nitrogens with two attached hydrogens (primary N) is 1. The van der Waals surface area contributed by atoms with Crippen LogP contribution in [0.15, 0.2) is 18.2 Å². The Hall–Kier alpha value is -1.67. The minimum absolute atomic E-state index is 0.0326. The standard InChI is InChI=1S/C12H15FN2O4S/c1-19-11-4-2-3-10(13)9(11)7-15-6-8(5-12(15)16)20(14,17)18/h2-4,8H,5-7H2,1H3,(H2,14,17,18). The second-order valence-electron chi connectivity index (χ2n) is 4.61. The number of halogens is 1. The molecule has 1 aromatic carbocycles. The van der Waals surface area contributed by atoms with E-state index in [1.807, 2.05) is 0 Å². The number of methoxy groups -OCH3 is 1. The van der Waals surface area contributed by atoms with Crippen LogP contribution in [0.1, 0.15) is 12.0 Å². The Bertz CT molecular complexity index is 632. The highest BCUT2D eigenvalue weighted by Crippen LogP contribution is 2.26. The molecule has 0 radical (unpaired) electrons. The van der Waals surface area contributed by atoms with Gasteiger partial charge >= 0.3 is 0 Å². The van der Waals surface area contributed by atoms with Crippen LogP contribution in [0.2, 0.25) is 0 Å². The molecule has 0 spiro atoms. The first-order valence-corrected chi connectivity index (χ1v) is 7.54. The summed E-state index contributed by atoms with van der Waals surface area (Å²) in [5.74, 6) is -0.553. The van der Waals surface area contributed by atoms with Crippen molar-refractivity contribution in [2.24, 2.45) is 5.14 Å². The lowest BCUT2D eigenvalue weighted by Crippen LogP contribution is -2.32. The third-order valence-electron chi connectivity index (χ3n) is 3.29. The van der Waals surface area contributed by atoms with Crippen molar-refractivity contribution < 1.29 is 22.3 Å². The molecule has 2 N–H and O–H groups in total. The van der Waals surface area contributed by atoms with Gasteiger partial charge in [0.15, 0.2) is 0 Å². The number of sulfonamides is 1. The van der Waals surface area contributed by atoms with Gasteiger partial charge in [0.1, 0.15) is 16.8 Å². The molecule has 1 saturated heterocycles. The van der Waals surface area contributed by atoms with Crippen molar-refractivity contribution in [2.45, 2.75) is 18.2 Å². The van der Waals surface area contributed by atoms with Crippen LogP contribution in [0.4, 0.5) is 4.39 Å². The molecule has 8 heteroatoms. The average molecular weight is 302 g/mol. The van der Waals surface area contributed by atoms with Crippen LogP contribution in [0.3, 0.4) is 0 Å². The molecule has 1 aliphatic rings. The van der Waals surface area contributed by atoms with Gasteiger partial charge in [-0.2, -0.15) is 0 Å². The van der Waals surface area contributed by atoms with E-state index in [1.54, 1.807) is 6.07 Å². The highest BCUT2D eigenvalue weighted by molar-refractivity contribution is 7.89. The quantitative estimate of drug-likeness (QED) is 0.861. The zero-order valence-electron chi connectivity index (χ0n) is 10.9. The van der Waals surface area contributed by atoms with Crippen LogP contribution in [0, 0.1) is 5.82 Å². The summed E-state index contributed by atoms with van der Waals surface area (Å²) in [4.78, 5) is 13.1. The summed E-state index contributed by atoms with van der Waals surface area (Å²) >= 11 is 0. The molecular formula is C12H15FN2O4S. The number of hydrogen-bond donors (Lipinski definition) is 1. The second kappa shape index (κ2) is 5.37. The number of carbonyl (C=O) groups excluding carboxylic acids is 1. The van der Waals surface area contributed by atoms with E-state index in [2.05, 4.69) is 0 Å². The molecule has 0 saturated carbocycles. The lowest BCUT2D eigenvalue weighted by molar-refractivity contribution is -0.128. The molecule has 1 amide bonds. The number of ether oxygens (including phenoxy) is 1. The van der Waals surface area contributed by atoms with Crippen molar-refractivity contribution in [3.8, 4) is 5.75 Å². The molecule has 1 fully saturated rings. The fourth-order valence-corrected chi connectivity index (χ4v) is 2.95. The largest absolute Gasteiger partial charge is 0.496 e. The van der Waals surface area contributed by atoms with Crippen LogP contribution in [0.5, 0.6) is 5.75 Å². The predicted molar refractivity (Wildman–Crippen MR) is 69.9 cm³/mol. The van der Waals surface area contributed by atoms with E-state index in [1.165, 1.54) is 24.1 Å². The summed E-state index contributed by atoms with van der Waals surface area (Å²) in [5.41, 5.74) is 0.221. The SMILES string of the molecule is COc1cccc(F)c1CN1CC(S(N)(=O)=O)CC1=O. The topological polar surface area (TPSA) is 89.7 Å². The Balaban J connectivity index is 2.22. The average Bonchev–Trinajstić information content (AvgIpc) is 2.73. The number of likely N-dealkylation sites (tertiary alicyclic amines) is 1. The Morgan fingerprint density at radius 3 is 2.75 bits per heavy atom. The maximum atomic E-state index is 13.8. The van der Waals surface area contributed by atoms with Gasteiger partial charge in [-0.15, -0.1) is 0 Å². The van der Waals surface area contributed by atoms with E-state index in [4.69, 9.17) is 9.88 Å². The third-order valence-corrected chi connectivity index (χ3v) is 4.53. The summed E-state index contributed by atoms with van der Waals surface area (Å²) < 4.78 is 41.4. The van der Waals surface area contributed by atoms with E-state index in [9.17, 15) is 17.6 Å². The Kier molecular flexibility index (Phi) is 3.96. The smallest absolute Gasteiger partial charge is 0.224 e. The summed E-state index contributed by atoms with van der Waals surface area (Å²) in [6, 6.07) is 4.34. The van der Waals surface area contributed by atoms with Crippen LogP contribution >= 0.6 is 0 Å². The molecule has 1 unspecified atom stereocenters. The molecule has 0 bridgehead atoms. The van der Waals surface area contributed by atoms with Gasteiger partial charge in [-0.3, -0.25) is 4.79 Å².